The zero-order valence-electron chi connectivity index (χ0n) is 9.43. The van der Waals surface area contributed by atoms with Crippen molar-refractivity contribution in [3.63, 3.8) is 0 Å². The van der Waals surface area contributed by atoms with Gasteiger partial charge in [-0.25, -0.2) is 19.3 Å². The molecule has 2 unspecified atom stereocenters. The molecule has 2 heterocycles. The van der Waals surface area contributed by atoms with Crippen molar-refractivity contribution in [1.29, 1.82) is 0 Å². The van der Waals surface area contributed by atoms with Crippen LogP contribution < -0.4 is 5.69 Å². The fourth-order valence-corrected chi connectivity index (χ4v) is 1.60. The number of rotatable bonds is 2. The predicted octanol–water partition coefficient (Wildman–Crippen LogP) is 0.210. The molecular weight excluding hydrogens is 208 g/mol. The Balaban J connectivity index is 2.63. The summed E-state index contributed by atoms with van der Waals surface area (Å²) >= 11 is 0. The molecule has 0 aliphatic carbocycles. The zero-order chi connectivity index (χ0) is 11.9. The van der Waals surface area contributed by atoms with E-state index in [4.69, 9.17) is 0 Å². The van der Waals surface area contributed by atoms with Crippen LogP contribution in [0.15, 0.2) is 10.9 Å². The van der Waals surface area contributed by atoms with Gasteiger partial charge in [-0.2, -0.15) is 5.10 Å². The molecule has 2 aromatic rings. The Morgan fingerprint density at radius 1 is 1.50 bits per heavy atom. The average molecular weight is 222 g/mol. The number of aromatic nitrogens is 4. The minimum Gasteiger partial charge on any atom is -0.393 e. The molecule has 2 atom stereocenters. The highest BCUT2D eigenvalue weighted by Crippen LogP contribution is 2.18. The molecule has 0 saturated carbocycles. The predicted molar refractivity (Wildman–Crippen MR) is 58.4 cm³/mol. The summed E-state index contributed by atoms with van der Waals surface area (Å²) in [5.41, 5.74) is 0.968. The first-order valence-electron chi connectivity index (χ1n) is 5.13. The Labute approximate surface area is 92.0 Å². The van der Waals surface area contributed by atoms with Gasteiger partial charge in [0.2, 0.25) is 0 Å². The molecule has 0 spiro atoms. The van der Waals surface area contributed by atoms with E-state index in [1.54, 1.807) is 19.9 Å². The Hall–Kier alpha value is -1.69. The lowest BCUT2D eigenvalue weighted by Crippen LogP contribution is -2.17. The number of aromatic amines is 1. The van der Waals surface area contributed by atoms with Gasteiger partial charge in [0.15, 0.2) is 5.65 Å². The Morgan fingerprint density at radius 3 is 2.81 bits per heavy atom. The normalized spacial score (nSPS) is 15.2. The summed E-state index contributed by atoms with van der Waals surface area (Å²) in [6.45, 7) is 5.33. The van der Waals surface area contributed by atoms with Crippen molar-refractivity contribution in [2.75, 3.05) is 0 Å². The quantitative estimate of drug-likeness (QED) is 0.760. The number of aliphatic hydroxyl groups is 1. The van der Waals surface area contributed by atoms with Crippen LogP contribution in [0.2, 0.25) is 0 Å². The van der Waals surface area contributed by atoms with E-state index >= 15 is 0 Å². The molecule has 0 aromatic carbocycles. The van der Waals surface area contributed by atoms with E-state index in [0.717, 1.165) is 5.69 Å². The lowest BCUT2D eigenvalue weighted by Gasteiger charge is -2.14. The molecule has 6 heteroatoms. The van der Waals surface area contributed by atoms with Gasteiger partial charge in [-0.15, -0.1) is 0 Å². The van der Waals surface area contributed by atoms with Gasteiger partial charge in [-0.3, -0.25) is 0 Å². The molecule has 2 aromatic heterocycles. The number of hydrogen-bond acceptors (Lipinski definition) is 4. The lowest BCUT2D eigenvalue weighted by molar-refractivity contribution is 0.167. The van der Waals surface area contributed by atoms with Crippen LogP contribution in [-0.4, -0.2) is 30.8 Å². The molecule has 2 N–H and O–H groups in total. The molecule has 86 valence electrons. The maximum absolute atomic E-state index is 11.4. The number of fused-ring (bicyclic) bond motifs is 1. The topological polar surface area (TPSA) is 83.3 Å². The van der Waals surface area contributed by atoms with Crippen molar-refractivity contribution in [2.45, 2.75) is 32.8 Å². The Morgan fingerprint density at radius 2 is 2.19 bits per heavy atom. The molecule has 0 aliphatic rings. The summed E-state index contributed by atoms with van der Waals surface area (Å²) < 4.78 is 1.40. The minimum absolute atomic E-state index is 0.0875. The number of hydrogen-bond donors (Lipinski definition) is 2. The third-order valence-electron chi connectivity index (χ3n) is 2.78. The van der Waals surface area contributed by atoms with E-state index in [2.05, 4.69) is 15.2 Å². The van der Waals surface area contributed by atoms with E-state index < -0.39 is 6.10 Å². The van der Waals surface area contributed by atoms with Crippen molar-refractivity contribution in [3.8, 4) is 0 Å². The third kappa shape index (κ3) is 1.61. The van der Waals surface area contributed by atoms with Gasteiger partial charge in [0.25, 0.3) is 0 Å². The SMILES string of the molecule is Cc1nc(C(C)C(C)O)cc2n[nH]c(=O)n12. The smallest absolute Gasteiger partial charge is 0.349 e. The minimum atomic E-state index is -0.486. The second-order valence-corrected chi connectivity index (χ2v) is 3.98. The summed E-state index contributed by atoms with van der Waals surface area (Å²) in [5, 5.41) is 15.8. The molecule has 0 amide bonds. The van der Waals surface area contributed by atoms with E-state index in [-0.39, 0.29) is 11.6 Å². The van der Waals surface area contributed by atoms with Crippen molar-refractivity contribution in [1.82, 2.24) is 19.6 Å². The lowest BCUT2D eigenvalue weighted by atomic mass is 10.0. The van der Waals surface area contributed by atoms with E-state index in [9.17, 15) is 9.90 Å². The van der Waals surface area contributed by atoms with Gasteiger partial charge in [0.1, 0.15) is 5.82 Å². The van der Waals surface area contributed by atoms with Crippen LogP contribution in [0.1, 0.15) is 31.3 Å². The van der Waals surface area contributed by atoms with Crippen LogP contribution in [0.25, 0.3) is 5.65 Å². The van der Waals surface area contributed by atoms with Crippen LogP contribution in [0.4, 0.5) is 0 Å². The second kappa shape index (κ2) is 3.71. The van der Waals surface area contributed by atoms with Crippen LogP contribution >= 0.6 is 0 Å². The Bertz CT molecular complexity index is 570. The summed E-state index contributed by atoms with van der Waals surface area (Å²) in [6, 6.07) is 1.71. The van der Waals surface area contributed by atoms with E-state index in [1.807, 2.05) is 6.92 Å². The van der Waals surface area contributed by atoms with Gasteiger partial charge in [-0.1, -0.05) is 6.92 Å². The number of aryl methyl sites for hydroxylation is 1. The van der Waals surface area contributed by atoms with Crippen LogP contribution in [0, 0.1) is 6.92 Å². The number of nitrogens with zero attached hydrogens (tertiary/aromatic N) is 3. The molecular formula is C10H14N4O2. The van der Waals surface area contributed by atoms with E-state index in [0.29, 0.717) is 11.5 Å². The van der Waals surface area contributed by atoms with Gasteiger partial charge in [0.05, 0.1) is 11.8 Å². The molecule has 0 fully saturated rings. The molecule has 16 heavy (non-hydrogen) atoms. The summed E-state index contributed by atoms with van der Waals surface area (Å²) in [6.07, 6.45) is -0.486. The maximum Gasteiger partial charge on any atom is 0.349 e. The molecule has 6 nitrogen and oxygen atoms in total. The standard InChI is InChI=1S/C10H14N4O2/c1-5(6(2)15)8-4-9-12-13-10(16)14(9)7(3)11-8/h4-6,15H,1-3H3,(H,13,16). The van der Waals surface area contributed by atoms with Crippen LogP contribution in [0.3, 0.4) is 0 Å². The van der Waals surface area contributed by atoms with Crippen molar-refractivity contribution < 1.29 is 5.11 Å². The Kier molecular flexibility index (Phi) is 2.51. The van der Waals surface area contributed by atoms with Gasteiger partial charge >= 0.3 is 5.69 Å². The highest BCUT2D eigenvalue weighted by molar-refractivity contribution is 5.39. The first-order valence-corrected chi connectivity index (χ1v) is 5.13. The molecule has 0 radical (unpaired) electrons. The molecule has 0 aliphatic heterocycles. The van der Waals surface area contributed by atoms with Gasteiger partial charge in [-0.05, 0) is 13.8 Å². The summed E-state index contributed by atoms with van der Waals surface area (Å²) in [5.74, 6) is 0.481. The zero-order valence-corrected chi connectivity index (χ0v) is 9.43. The fraction of sp³-hybridized carbons (Fsp3) is 0.500. The number of nitrogens with one attached hydrogen (secondary N) is 1. The second-order valence-electron chi connectivity index (χ2n) is 3.98. The van der Waals surface area contributed by atoms with Crippen molar-refractivity contribution in [3.05, 3.63) is 28.1 Å². The van der Waals surface area contributed by atoms with E-state index in [1.165, 1.54) is 4.40 Å². The monoisotopic (exact) mass is 222 g/mol. The highest BCUT2D eigenvalue weighted by Gasteiger charge is 2.16. The van der Waals surface area contributed by atoms with Crippen molar-refractivity contribution >= 4 is 5.65 Å². The molecule has 0 saturated heterocycles. The van der Waals surface area contributed by atoms with Crippen LogP contribution in [0.5, 0.6) is 0 Å². The third-order valence-corrected chi connectivity index (χ3v) is 2.78. The van der Waals surface area contributed by atoms with Gasteiger partial charge in [0, 0.05) is 12.0 Å². The average Bonchev–Trinajstić information content (AvgIpc) is 2.59. The summed E-state index contributed by atoms with van der Waals surface area (Å²) in [7, 11) is 0. The first kappa shape index (κ1) is 10.8. The molecule has 0 bridgehead atoms. The van der Waals surface area contributed by atoms with Crippen LogP contribution in [-0.2, 0) is 0 Å². The number of aliphatic hydroxyl groups excluding tert-OH is 1. The van der Waals surface area contributed by atoms with Gasteiger partial charge < -0.3 is 5.11 Å². The largest absolute Gasteiger partial charge is 0.393 e. The van der Waals surface area contributed by atoms with Crippen molar-refractivity contribution in [2.24, 2.45) is 0 Å². The number of H-pyrrole nitrogens is 1. The highest BCUT2D eigenvalue weighted by atomic mass is 16.3. The first-order chi connectivity index (χ1) is 7.50. The summed E-state index contributed by atoms with van der Waals surface area (Å²) in [4.78, 5) is 15.7. The fourth-order valence-electron chi connectivity index (χ4n) is 1.60. The maximum atomic E-state index is 11.4. The molecule has 2 rings (SSSR count).